The second-order valence-corrected chi connectivity index (χ2v) is 10.8. The van der Waals surface area contributed by atoms with E-state index >= 15 is 0 Å². The van der Waals surface area contributed by atoms with Gasteiger partial charge >= 0.3 is 0 Å². The summed E-state index contributed by atoms with van der Waals surface area (Å²) in [5.41, 5.74) is 6.61. The molecule has 0 aliphatic heterocycles. The van der Waals surface area contributed by atoms with E-state index in [1.165, 1.54) is 28.0 Å². The molecule has 0 spiro atoms. The maximum atomic E-state index is 13.1. The normalized spacial score (nSPS) is 21.4. The van der Waals surface area contributed by atoms with Gasteiger partial charge in [-0.1, -0.05) is 26.0 Å². The van der Waals surface area contributed by atoms with Crippen molar-refractivity contribution in [3.63, 3.8) is 0 Å². The van der Waals surface area contributed by atoms with E-state index < -0.39 is 0 Å². The molecule has 2 aliphatic rings. The van der Waals surface area contributed by atoms with Gasteiger partial charge in [-0.15, -0.1) is 11.3 Å². The van der Waals surface area contributed by atoms with Crippen LogP contribution in [0.5, 0.6) is 5.75 Å². The van der Waals surface area contributed by atoms with Crippen molar-refractivity contribution in [2.75, 3.05) is 13.2 Å². The van der Waals surface area contributed by atoms with Crippen LogP contribution < -0.4 is 4.74 Å². The summed E-state index contributed by atoms with van der Waals surface area (Å²) in [6.45, 7) is 11.3. The third-order valence-electron chi connectivity index (χ3n) is 7.02. The third-order valence-corrected chi connectivity index (χ3v) is 8.22. The van der Waals surface area contributed by atoms with E-state index in [9.17, 15) is 4.79 Å². The van der Waals surface area contributed by atoms with Gasteiger partial charge in [0.25, 0.3) is 0 Å². The minimum Gasteiger partial charge on any atom is -0.491 e. The van der Waals surface area contributed by atoms with E-state index in [0.717, 1.165) is 40.5 Å². The summed E-state index contributed by atoms with van der Waals surface area (Å²) in [5, 5.41) is 8.99. The predicted octanol–water partition coefficient (Wildman–Crippen LogP) is 5.55. The van der Waals surface area contributed by atoms with Crippen molar-refractivity contribution in [1.29, 1.82) is 0 Å². The number of ether oxygens (including phenoxy) is 1. The Hall–Kier alpha value is -1.65. The summed E-state index contributed by atoms with van der Waals surface area (Å²) in [7, 11) is 0. The van der Waals surface area contributed by atoms with E-state index in [1.54, 1.807) is 11.3 Å². The fourth-order valence-corrected chi connectivity index (χ4v) is 6.86. The average molecular weight is 413 g/mol. The first-order valence-corrected chi connectivity index (χ1v) is 11.5. The Morgan fingerprint density at radius 2 is 1.93 bits per heavy atom. The van der Waals surface area contributed by atoms with E-state index in [4.69, 9.17) is 9.84 Å². The van der Waals surface area contributed by atoms with Gasteiger partial charge in [-0.2, -0.15) is 0 Å². The summed E-state index contributed by atoms with van der Waals surface area (Å²) < 4.78 is 5.65. The highest BCUT2D eigenvalue weighted by Crippen LogP contribution is 2.63. The number of Topliss-reactive ketones (excluding diaryl/α,β-unsaturated/α-hetero) is 1. The standard InChI is InChI=1S/C25H32O3S/c1-14-10-17(11-15(2)23(14)28-9-8-26)6-7-21(27)24-18-12-20-19(13-25(20,4)5)22(18)16(3)29-24/h10-11,19-20,26H,6-9,12-13H2,1-5H3/t19-,20-/m1/s1. The third kappa shape index (κ3) is 3.55. The molecule has 4 heteroatoms. The summed E-state index contributed by atoms with van der Waals surface area (Å²) >= 11 is 1.72. The minimum atomic E-state index is 0.0125. The lowest BCUT2D eigenvalue weighted by molar-refractivity contribution is 0.0518. The van der Waals surface area contributed by atoms with Crippen LogP contribution in [0.4, 0.5) is 0 Å². The molecule has 1 heterocycles. The molecule has 4 rings (SSSR count). The smallest absolute Gasteiger partial charge is 0.173 e. The number of aliphatic hydroxyl groups is 1. The Labute approximate surface area is 178 Å². The molecular formula is C25H32O3S. The molecule has 3 nitrogen and oxygen atoms in total. The molecule has 0 saturated heterocycles. The molecule has 2 aromatic rings. The van der Waals surface area contributed by atoms with Crippen molar-refractivity contribution < 1.29 is 14.6 Å². The van der Waals surface area contributed by atoms with Gasteiger partial charge in [-0.3, -0.25) is 4.79 Å². The lowest BCUT2D eigenvalue weighted by Gasteiger charge is -2.48. The number of aliphatic hydroxyl groups excluding tert-OH is 1. The van der Waals surface area contributed by atoms with Crippen LogP contribution >= 0.6 is 11.3 Å². The molecule has 156 valence electrons. The van der Waals surface area contributed by atoms with Crippen molar-refractivity contribution in [2.45, 2.75) is 66.2 Å². The first kappa shape index (κ1) is 20.6. The molecule has 1 aromatic carbocycles. The van der Waals surface area contributed by atoms with Crippen LogP contribution in [0.15, 0.2) is 12.1 Å². The number of carbonyl (C=O) groups is 1. The van der Waals surface area contributed by atoms with E-state index in [-0.39, 0.29) is 6.61 Å². The van der Waals surface area contributed by atoms with Crippen LogP contribution in [0.3, 0.4) is 0 Å². The molecule has 0 unspecified atom stereocenters. The number of hydrogen-bond donors (Lipinski definition) is 1. The van der Waals surface area contributed by atoms with Crippen LogP contribution in [-0.4, -0.2) is 24.1 Å². The summed E-state index contributed by atoms with van der Waals surface area (Å²) in [6, 6.07) is 4.22. The van der Waals surface area contributed by atoms with E-state index in [1.807, 2.05) is 13.8 Å². The van der Waals surface area contributed by atoms with E-state index in [2.05, 4.69) is 32.9 Å². The lowest BCUT2D eigenvalue weighted by atomic mass is 9.56. The molecular weight excluding hydrogens is 380 g/mol. The molecule has 1 N–H and O–H groups in total. The molecule has 0 bridgehead atoms. The van der Waals surface area contributed by atoms with E-state index in [0.29, 0.717) is 30.1 Å². The molecule has 2 aliphatic carbocycles. The van der Waals surface area contributed by atoms with Crippen LogP contribution in [0.25, 0.3) is 0 Å². The van der Waals surface area contributed by atoms with Gasteiger partial charge in [0.15, 0.2) is 5.78 Å². The molecule has 0 radical (unpaired) electrons. The molecule has 0 amide bonds. The fourth-order valence-electron chi connectivity index (χ4n) is 5.63. The maximum Gasteiger partial charge on any atom is 0.173 e. The van der Waals surface area contributed by atoms with Crippen LogP contribution in [0, 0.1) is 32.1 Å². The zero-order valence-corrected chi connectivity index (χ0v) is 19.0. The van der Waals surface area contributed by atoms with Crippen LogP contribution in [0.2, 0.25) is 0 Å². The number of rotatable bonds is 7. The first-order valence-electron chi connectivity index (χ1n) is 10.7. The summed E-state index contributed by atoms with van der Waals surface area (Å²) in [5.74, 6) is 2.56. The Kier molecular flexibility index (Phi) is 5.37. The highest BCUT2D eigenvalue weighted by Gasteiger charge is 2.53. The second kappa shape index (κ2) is 7.55. The van der Waals surface area contributed by atoms with Gasteiger partial charge in [0.2, 0.25) is 0 Å². The first-order chi connectivity index (χ1) is 13.7. The van der Waals surface area contributed by atoms with Crippen molar-refractivity contribution in [1.82, 2.24) is 0 Å². The van der Waals surface area contributed by atoms with Gasteiger partial charge < -0.3 is 9.84 Å². The Morgan fingerprint density at radius 3 is 2.55 bits per heavy atom. The maximum absolute atomic E-state index is 13.1. The number of aryl methyl sites for hydroxylation is 4. The topological polar surface area (TPSA) is 46.5 Å². The summed E-state index contributed by atoms with van der Waals surface area (Å²) in [4.78, 5) is 15.5. The molecule has 1 aromatic heterocycles. The number of benzene rings is 1. The molecule has 29 heavy (non-hydrogen) atoms. The van der Waals surface area contributed by atoms with Gasteiger partial charge in [-0.25, -0.2) is 0 Å². The summed E-state index contributed by atoms with van der Waals surface area (Å²) in [6.07, 6.45) is 3.67. The van der Waals surface area contributed by atoms with Gasteiger partial charge in [0.05, 0.1) is 11.5 Å². The number of ketones is 1. The molecule has 1 saturated carbocycles. The van der Waals surface area contributed by atoms with Gasteiger partial charge in [0, 0.05) is 11.3 Å². The zero-order chi connectivity index (χ0) is 20.9. The number of thiophene rings is 1. The van der Waals surface area contributed by atoms with Crippen molar-refractivity contribution >= 4 is 17.1 Å². The van der Waals surface area contributed by atoms with Crippen molar-refractivity contribution in [3.8, 4) is 5.75 Å². The predicted molar refractivity (Wildman–Crippen MR) is 119 cm³/mol. The second-order valence-electron chi connectivity index (χ2n) is 9.54. The SMILES string of the molecule is Cc1cc(CCC(=O)c2sc(C)c3c2C[C@@H]2[C@H]3CC2(C)C)cc(C)c1OCCO. The highest BCUT2D eigenvalue weighted by molar-refractivity contribution is 7.14. The quantitative estimate of drug-likeness (QED) is 0.607. The lowest BCUT2D eigenvalue weighted by Crippen LogP contribution is -2.40. The van der Waals surface area contributed by atoms with Gasteiger partial charge in [-0.05, 0) is 85.1 Å². The Bertz CT molecular complexity index is 930. The minimum absolute atomic E-state index is 0.0125. The van der Waals surface area contributed by atoms with Crippen molar-refractivity contribution in [2.24, 2.45) is 11.3 Å². The number of carbonyl (C=O) groups excluding carboxylic acids is 1. The number of fused-ring (bicyclic) bond motifs is 3. The molecule has 2 atom stereocenters. The zero-order valence-electron chi connectivity index (χ0n) is 18.2. The monoisotopic (exact) mass is 412 g/mol. The number of hydrogen-bond acceptors (Lipinski definition) is 4. The fraction of sp³-hybridized carbons (Fsp3) is 0.560. The Morgan fingerprint density at radius 1 is 1.24 bits per heavy atom. The van der Waals surface area contributed by atoms with Crippen LogP contribution in [0.1, 0.15) is 75.0 Å². The van der Waals surface area contributed by atoms with Crippen molar-refractivity contribution in [3.05, 3.63) is 49.7 Å². The molecule has 1 fully saturated rings. The average Bonchev–Trinajstić information content (AvgIpc) is 3.15. The Balaban J connectivity index is 1.47. The van der Waals surface area contributed by atoms with Crippen LogP contribution in [-0.2, 0) is 12.8 Å². The highest BCUT2D eigenvalue weighted by atomic mass is 32.1. The van der Waals surface area contributed by atoms with Gasteiger partial charge in [0.1, 0.15) is 12.4 Å². The largest absolute Gasteiger partial charge is 0.491 e.